The highest BCUT2D eigenvalue weighted by atomic mass is 16.3. The molecule has 1 fully saturated rings. The predicted molar refractivity (Wildman–Crippen MR) is 82.0 cm³/mol. The minimum Gasteiger partial charge on any atom is -0.394 e. The molecule has 1 unspecified atom stereocenters. The van der Waals surface area contributed by atoms with Crippen molar-refractivity contribution in [3.8, 4) is 0 Å². The molecule has 2 rings (SSSR count). The first-order chi connectivity index (χ1) is 9.34. The molecule has 20 heavy (non-hydrogen) atoms. The van der Waals surface area contributed by atoms with Gasteiger partial charge in [-0.2, -0.15) is 0 Å². The molecule has 1 atom stereocenters. The Balaban J connectivity index is 2.46. The van der Waals surface area contributed by atoms with E-state index in [4.69, 9.17) is 10.7 Å². The summed E-state index contributed by atoms with van der Waals surface area (Å²) < 4.78 is 0. The third-order valence-corrected chi connectivity index (χ3v) is 3.94. The highest BCUT2D eigenvalue weighted by molar-refractivity contribution is 5.57. The zero-order chi connectivity index (χ0) is 14.9. The van der Waals surface area contributed by atoms with Crippen LogP contribution in [-0.4, -0.2) is 34.3 Å². The molecule has 3 N–H and O–H groups in total. The Morgan fingerprint density at radius 3 is 2.60 bits per heavy atom. The Morgan fingerprint density at radius 2 is 2.00 bits per heavy atom. The van der Waals surface area contributed by atoms with E-state index < -0.39 is 0 Å². The van der Waals surface area contributed by atoms with E-state index in [1.807, 2.05) is 6.92 Å². The second kappa shape index (κ2) is 5.56. The lowest BCUT2D eigenvalue weighted by molar-refractivity contribution is 0.239. The van der Waals surface area contributed by atoms with Crippen LogP contribution in [0.25, 0.3) is 0 Å². The van der Waals surface area contributed by atoms with Gasteiger partial charge < -0.3 is 15.7 Å². The van der Waals surface area contributed by atoms with Crippen molar-refractivity contribution < 1.29 is 5.11 Å². The van der Waals surface area contributed by atoms with Crippen LogP contribution in [0.4, 0.5) is 11.6 Å². The van der Waals surface area contributed by atoms with Gasteiger partial charge >= 0.3 is 0 Å². The molecule has 112 valence electrons. The summed E-state index contributed by atoms with van der Waals surface area (Å²) in [6.07, 6.45) is 3.29. The zero-order valence-electron chi connectivity index (χ0n) is 13.0. The van der Waals surface area contributed by atoms with Gasteiger partial charge in [0.25, 0.3) is 0 Å². The van der Waals surface area contributed by atoms with Crippen LogP contribution in [0.2, 0.25) is 0 Å². The Labute approximate surface area is 121 Å². The van der Waals surface area contributed by atoms with Crippen LogP contribution >= 0.6 is 0 Å². The first-order valence-electron chi connectivity index (χ1n) is 7.36. The molecule has 2 heterocycles. The topological polar surface area (TPSA) is 75.3 Å². The van der Waals surface area contributed by atoms with Crippen LogP contribution in [0.15, 0.2) is 0 Å². The van der Waals surface area contributed by atoms with E-state index in [9.17, 15) is 5.11 Å². The molecule has 1 saturated heterocycles. The number of nitrogen functional groups attached to an aromatic ring is 1. The standard InChI is InChI=1S/C15H26N4O/c1-10-12(16)17-14(15(2,3)4)18-13(10)19-8-6-5-7-11(19)9-20/h11,20H,5-9H2,1-4H3,(H2,16,17,18). The predicted octanol–water partition coefficient (Wildman–Crippen LogP) is 2.02. The average Bonchev–Trinajstić information content (AvgIpc) is 2.40. The third-order valence-electron chi connectivity index (χ3n) is 3.94. The molecule has 0 aromatic carbocycles. The molecular formula is C15H26N4O. The normalized spacial score (nSPS) is 20.2. The van der Waals surface area contributed by atoms with Crippen molar-refractivity contribution >= 4 is 11.6 Å². The van der Waals surface area contributed by atoms with Crippen molar-refractivity contribution in [3.63, 3.8) is 0 Å². The number of aliphatic hydroxyl groups excluding tert-OH is 1. The van der Waals surface area contributed by atoms with Crippen molar-refractivity contribution in [1.29, 1.82) is 0 Å². The number of anilines is 2. The molecule has 0 radical (unpaired) electrons. The van der Waals surface area contributed by atoms with Gasteiger partial charge in [-0.1, -0.05) is 20.8 Å². The summed E-state index contributed by atoms with van der Waals surface area (Å²) in [5.41, 5.74) is 6.85. The molecule has 0 bridgehead atoms. The molecule has 0 saturated carbocycles. The van der Waals surface area contributed by atoms with E-state index in [-0.39, 0.29) is 18.1 Å². The third kappa shape index (κ3) is 2.87. The monoisotopic (exact) mass is 278 g/mol. The van der Waals surface area contributed by atoms with Crippen molar-refractivity contribution in [2.24, 2.45) is 0 Å². The smallest absolute Gasteiger partial charge is 0.138 e. The van der Waals surface area contributed by atoms with Crippen molar-refractivity contribution in [3.05, 3.63) is 11.4 Å². The Bertz CT molecular complexity index is 481. The number of piperidine rings is 1. The number of rotatable bonds is 2. The van der Waals surface area contributed by atoms with Crippen LogP contribution in [-0.2, 0) is 5.41 Å². The molecule has 0 spiro atoms. The summed E-state index contributed by atoms with van der Waals surface area (Å²) in [6.45, 7) is 9.29. The van der Waals surface area contributed by atoms with Gasteiger partial charge in [-0.25, -0.2) is 9.97 Å². The van der Waals surface area contributed by atoms with Gasteiger partial charge in [-0.05, 0) is 26.2 Å². The first kappa shape index (κ1) is 15.0. The number of aromatic nitrogens is 2. The van der Waals surface area contributed by atoms with Crippen LogP contribution in [0, 0.1) is 6.92 Å². The summed E-state index contributed by atoms with van der Waals surface area (Å²) in [4.78, 5) is 11.4. The SMILES string of the molecule is Cc1c(N)nc(C(C)(C)C)nc1N1CCCCC1CO. The second-order valence-electron chi connectivity index (χ2n) is 6.66. The van der Waals surface area contributed by atoms with Crippen LogP contribution in [0.1, 0.15) is 51.4 Å². The summed E-state index contributed by atoms with van der Waals surface area (Å²) in [6, 6.07) is 0.143. The molecule has 5 heteroatoms. The largest absolute Gasteiger partial charge is 0.394 e. The number of nitrogens with two attached hydrogens (primary N) is 1. The van der Waals surface area contributed by atoms with E-state index in [0.29, 0.717) is 5.82 Å². The van der Waals surface area contributed by atoms with Gasteiger partial charge in [0, 0.05) is 17.5 Å². The number of hydrogen-bond acceptors (Lipinski definition) is 5. The van der Waals surface area contributed by atoms with Gasteiger partial charge in [0.15, 0.2) is 0 Å². The Hall–Kier alpha value is -1.36. The van der Waals surface area contributed by atoms with Gasteiger partial charge in [0.1, 0.15) is 17.5 Å². The zero-order valence-corrected chi connectivity index (χ0v) is 13.0. The number of nitrogens with zero attached hydrogens (tertiary/aromatic N) is 3. The maximum Gasteiger partial charge on any atom is 0.138 e. The Kier molecular flexibility index (Phi) is 4.18. The van der Waals surface area contributed by atoms with Crippen molar-refractivity contribution in [1.82, 2.24) is 9.97 Å². The fourth-order valence-corrected chi connectivity index (χ4v) is 2.61. The van der Waals surface area contributed by atoms with Gasteiger partial charge in [-0.3, -0.25) is 0 Å². The van der Waals surface area contributed by atoms with E-state index >= 15 is 0 Å². The molecule has 0 amide bonds. The van der Waals surface area contributed by atoms with E-state index in [2.05, 4.69) is 30.7 Å². The molecule has 1 aromatic heterocycles. The molecular weight excluding hydrogens is 252 g/mol. The maximum absolute atomic E-state index is 9.60. The Morgan fingerprint density at radius 1 is 1.30 bits per heavy atom. The molecule has 0 aliphatic carbocycles. The van der Waals surface area contributed by atoms with Crippen molar-refractivity contribution in [2.45, 2.75) is 58.4 Å². The molecule has 1 aromatic rings. The van der Waals surface area contributed by atoms with Crippen LogP contribution < -0.4 is 10.6 Å². The molecule has 1 aliphatic heterocycles. The van der Waals surface area contributed by atoms with E-state index in [1.54, 1.807) is 0 Å². The second-order valence-corrected chi connectivity index (χ2v) is 6.66. The fourth-order valence-electron chi connectivity index (χ4n) is 2.61. The highest BCUT2D eigenvalue weighted by Crippen LogP contribution is 2.30. The average molecular weight is 278 g/mol. The van der Waals surface area contributed by atoms with E-state index in [0.717, 1.165) is 43.0 Å². The van der Waals surface area contributed by atoms with E-state index in [1.165, 1.54) is 0 Å². The molecule has 1 aliphatic rings. The first-order valence-corrected chi connectivity index (χ1v) is 7.36. The van der Waals surface area contributed by atoms with Crippen LogP contribution in [0.3, 0.4) is 0 Å². The lowest BCUT2D eigenvalue weighted by Gasteiger charge is -2.37. The maximum atomic E-state index is 9.60. The minimum atomic E-state index is -0.138. The fraction of sp³-hybridized carbons (Fsp3) is 0.733. The van der Waals surface area contributed by atoms with Gasteiger partial charge in [0.2, 0.25) is 0 Å². The summed E-state index contributed by atoms with van der Waals surface area (Å²) in [5.74, 6) is 2.20. The quantitative estimate of drug-likeness (QED) is 0.865. The van der Waals surface area contributed by atoms with Gasteiger partial charge in [-0.15, -0.1) is 0 Å². The van der Waals surface area contributed by atoms with Crippen molar-refractivity contribution in [2.75, 3.05) is 23.8 Å². The summed E-state index contributed by atoms with van der Waals surface area (Å²) >= 11 is 0. The minimum absolute atomic E-state index is 0.138. The molecule has 5 nitrogen and oxygen atoms in total. The number of aliphatic hydroxyl groups is 1. The van der Waals surface area contributed by atoms with Crippen LogP contribution in [0.5, 0.6) is 0 Å². The lowest BCUT2D eigenvalue weighted by Crippen LogP contribution is -2.43. The number of hydrogen-bond donors (Lipinski definition) is 2. The van der Waals surface area contributed by atoms with Gasteiger partial charge in [0.05, 0.1) is 12.6 Å². The lowest BCUT2D eigenvalue weighted by atomic mass is 9.95. The highest BCUT2D eigenvalue weighted by Gasteiger charge is 2.27. The summed E-state index contributed by atoms with van der Waals surface area (Å²) in [7, 11) is 0. The summed E-state index contributed by atoms with van der Waals surface area (Å²) in [5, 5.41) is 9.60.